The summed E-state index contributed by atoms with van der Waals surface area (Å²) in [5.74, 6) is -0.301. The molecule has 2 aromatic rings. The van der Waals surface area contributed by atoms with Gasteiger partial charge in [-0.2, -0.15) is 0 Å². The minimum atomic E-state index is -0.301. The van der Waals surface area contributed by atoms with Gasteiger partial charge in [0.05, 0.1) is 10.6 Å². The van der Waals surface area contributed by atoms with Crippen LogP contribution in [0.4, 0.5) is 5.69 Å². The number of hydrogen-bond donors (Lipinski definition) is 1. The van der Waals surface area contributed by atoms with Crippen molar-refractivity contribution in [1.29, 1.82) is 0 Å². The first kappa shape index (κ1) is 13.8. The Morgan fingerprint density at radius 1 is 1.16 bits per heavy atom. The lowest BCUT2D eigenvalue weighted by molar-refractivity contribution is 0.102. The molecular weight excluding hydrogens is 330 g/mol. The van der Waals surface area contributed by atoms with Crippen LogP contribution >= 0.6 is 27.5 Å². The lowest BCUT2D eigenvalue weighted by atomic mass is 10.2. The van der Waals surface area contributed by atoms with Gasteiger partial charge in [-0.3, -0.25) is 9.59 Å². The van der Waals surface area contributed by atoms with Crippen LogP contribution in [0.5, 0.6) is 0 Å². The number of carbonyl (C=O) groups is 2. The van der Waals surface area contributed by atoms with E-state index in [2.05, 4.69) is 21.2 Å². The molecule has 3 nitrogen and oxygen atoms in total. The molecule has 0 aromatic heterocycles. The fourth-order valence-corrected chi connectivity index (χ4v) is 2.10. The molecule has 0 spiro atoms. The van der Waals surface area contributed by atoms with Gasteiger partial charge < -0.3 is 5.32 Å². The van der Waals surface area contributed by atoms with Crippen molar-refractivity contribution in [3.8, 4) is 0 Å². The van der Waals surface area contributed by atoms with Gasteiger partial charge in [-0.1, -0.05) is 17.7 Å². The van der Waals surface area contributed by atoms with Crippen molar-refractivity contribution in [1.82, 2.24) is 0 Å². The van der Waals surface area contributed by atoms with Crippen LogP contribution in [0.1, 0.15) is 20.7 Å². The zero-order valence-electron chi connectivity index (χ0n) is 9.69. The highest BCUT2D eigenvalue weighted by atomic mass is 79.9. The highest BCUT2D eigenvalue weighted by Crippen LogP contribution is 2.26. The van der Waals surface area contributed by atoms with E-state index in [4.69, 9.17) is 11.6 Å². The number of nitrogens with one attached hydrogen (secondary N) is 1. The summed E-state index contributed by atoms with van der Waals surface area (Å²) in [6.45, 7) is 0. The maximum Gasteiger partial charge on any atom is 0.257 e. The minimum absolute atomic E-state index is 0.301. The third-order valence-electron chi connectivity index (χ3n) is 2.50. The van der Waals surface area contributed by atoms with Crippen LogP contribution in [0.25, 0.3) is 0 Å². The molecule has 2 aromatic carbocycles. The van der Waals surface area contributed by atoms with Crippen LogP contribution in [0.2, 0.25) is 5.02 Å². The van der Waals surface area contributed by atoms with E-state index in [1.165, 1.54) is 0 Å². The Hall–Kier alpha value is -1.65. The molecule has 0 aliphatic rings. The number of halogens is 2. The zero-order chi connectivity index (χ0) is 13.8. The van der Waals surface area contributed by atoms with Crippen LogP contribution in [0.3, 0.4) is 0 Å². The van der Waals surface area contributed by atoms with Gasteiger partial charge in [0.2, 0.25) is 0 Å². The molecule has 0 aliphatic carbocycles. The fraction of sp³-hybridized carbons (Fsp3) is 0. The molecule has 19 heavy (non-hydrogen) atoms. The molecule has 0 unspecified atom stereocenters. The lowest BCUT2D eigenvalue weighted by Gasteiger charge is -2.07. The molecule has 0 radical (unpaired) electrons. The van der Waals surface area contributed by atoms with Gasteiger partial charge in [-0.25, -0.2) is 0 Å². The Bertz CT molecular complexity index is 626. The number of aldehydes is 1. The van der Waals surface area contributed by atoms with E-state index in [-0.39, 0.29) is 5.91 Å². The molecule has 0 bridgehead atoms. The summed E-state index contributed by atoms with van der Waals surface area (Å²) in [6, 6.07) is 11.7. The smallest absolute Gasteiger partial charge is 0.257 e. The summed E-state index contributed by atoms with van der Waals surface area (Å²) in [7, 11) is 0. The predicted molar refractivity (Wildman–Crippen MR) is 78.9 cm³/mol. The lowest BCUT2D eigenvalue weighted by Crippen LogP contribution is -2.12. The van der Waals surface area contributed by atoms with Gasteiger partial charge in [0.25, 0.3) is 5.91 Å². The van der Waals surface area contributed by atoms with E-state index in [9.17, 15) is 9.59 Å². The SMILES string of the molecule is O=Cc1ccc(NC(=O)c2cccc(Br)c2Cl)cc1. The molecule has 1 N–H and O–H groups in total. The number of benzene rings is 2. The highest BCUT2D eigenvalue weighted by Gasteiger charge is 2.12. The van der Waals surface area contributed by atoms with Crippen LogP contribution in [0, 0.1) is 0 Å². The molecule has 0 saturated heterocycles. The van der Waals surface area contributed by atoms with E-state index < -0.39 is 0 Å². The first-order valence-electron chi connectivity index (χ1n) is 5.42. The Kier molecular flexibility index (Phi) is 4.35. The van der Waals surface area contributed by atoms with E-state index in [0.717, 1.165) is 6.29 Å². The van der Waals surface area contributed by atoms with Crippen molar-refractivity contribution in [3.05, 3.63) is 63.1 Å². The molecule has 0 aliphatic heterocycles. The van der Waals surface area contributed by atoms with E-state index in [1.54, 1.807) is 42.5 Å². The molecule has 1 amide bonds. The number of anilines is 1. The number of carbonyl (C=O) groups excluding carboxylic acids is 2. The maximum absolute atomic E-state index is 12.1. The van der Waals surface area contributed by atoms with Crippen molar-refractivity contribution >= 4 is 45.4 Å². The van der Waals surface area contributed by atoms with Gasteiger partial charge in [0.1, 0.15) is 6.29 Å². The van der Waals surface area contributed by atoms with Crippen molar-refractivity contribution in [2.24, 2.45) is 0 Å². The average Bonchev–Trinajstić information content (AvgIpc) is 2.42. The Balaban J connectivity index is 2.20. The van der Waals surface area contributed by atoms with Crippen LogP contribution in [-0.4, -0.2) is 12.2 Å². The fourth-order valence-electron chi connectivity index (χ4n) is 1.52. The second-order valence-electron chi connectivity index (χ2n) is 3.80. The monoisotopic (exact) mass is 337 g/mol. The third kappa shape index (κ3) is 3.22. The summed E-state index contributed by atoms with van der Waals surface area (Å²) >= 11 is 9.32. The Morgan fingerprint density at radius 3 is 2.47 bits per heavy atom. The Morgan fingerprint density at radius 2 is 1.84 bits per heavy atom. The number of rotatable bonds is 3. The molecule has 0 atom stereocenters. The number of hydrogen-bond acceptors (Lipinski definition) is 2. The molecule has 0 heterocycles. The van der Waals surface area contributed by atoms with Crippen molar-refractivity contribution < 1.29 is 9.59 Å². The predicted octanol–water partition coefficient (Wildman–Crippen LogP) is 4.17. The first-order chi connectivity index (χ1) is 9.11. The summed E-state index contributed by atoms with van der Waals surface area (Å²) in [6.07, 6.45) is 0.747. The summed E-state index contributed by atoms with van der Waals surface area (Å²) in [4.78, 5) is 22.6. The average molecular weight is 339 g/mol. The summed E-state index contributed by atoms with van der Waals surface area (Å²) in [5, 5.41) is 3.08. The molecule has 5 heteroatoms. The van der Waals surface area contributed by atoms with E-state index in [0.29, 0.717) is 26.3 Å². The number of amides is 1. The van der Waals surface area contributed by atoms with Crippen molar-refractivity contribution in [2.75, 3.05) is 5.32 Å². The highest BCUT2D eigenvalue weighted by molar-refractivity contribution is 9.10. The third-order valence-corrected chi connectivity index (χ3v) is 3.80. The minimum Gasteiger partial charge on any atom is -0.322 e. The van der Waals surface area contributed by atoms with Crippen molar-refractivity contribution in [2.45, 2.75) is 0 Å². The normalized spacial score (nSPS) is 10.0. The molecule has 0 saturated carbocycles. The summed E-state index contributed by atoms with van der Waals surface area (Å²) < 4.78 is 0.665. The molecule has 2 rings (SSSR count). The van der Waals surface area contributed by atoms with Gasteiger partial charge >= 0.3 is 0 Å². The van der Waals surface area contributed by atoms with Crippen molar-refractivity contribution in [3.63, 3.8) is 0 Å². The second kappa shape index (κ2) is 5.99. The quantitative estimate of drug-likeness (QED) is 0.854. The standard InChI is InChI=1S/C14H9BrClNO2/c15-12-3-1-2-11(13(12)16)14(19)17-10-6-4-9(8-18)5-7-10/h1-8H,(H,17,19). The van der Waals surface area contributed by atoms with Crippen LogP contribution in [-0.2, 0) is 0 Å². The zero-order valence-corrected chi connectivity index (χ0v) is 12.0. The van der Waals surface area contributed by atoms with Gasteiger partial charge in [-0.15, -0.1) is 0 Å². The largest absolute Gasteiger partial charge is 0.322 e. The molecule has 96 valence electrons. The maximum atomic E-state index is 12.1. The van der Waals surface area contributed by atoms with Crippen LogP contribution < -0.4 is 5.32 Å². The second-order valence-corrected chi connectivity index (χ2v) is 5.03. The summed E-state index contributed by atoms with van der Waals surface area (Å²) in [5.41, 5.74) is 1.54. The topological polar surface area (TPSA) is 46.2 Å². The Labute approximate surface area is 123 Å². The molecule has 0 fully saturated rings. The van der Waals surface area contributed by atoms with Crippen LogP contribution in [0.15, 0.2) is 46.9 Å². The van der Waals surface area contributed by atoms with Gasteiger partial charge in [0, 0.05) is 15.7 Å². The molecular formula is C14H9BrClNO2. The van der Waals surface area contributed by atoms with Gasteiger partial charge in [0.15, 0.2) is 0 Å². The first-order valence-corrected chi connectivity index (χ1v) is 6.59. The van der Waals surface area contributed by atoms with E-state index in [1.807, 2.05) is 0 Å². The van der Waals surface area contributed by atoms with E-state index >= 15 is 0 Å². The van der Waals surface area contributed by atoms with Gasteiger partial charge in [-0.05, 0) is 52.3 Å².